The fourth-order valence-electron chi connectivity index (χ4n) is 1.18. The first-order valence-corrected chi connectivity index (χ1v) is 3.47. The summed E-state index contributed by atoms with van der Waals surface area (Å²) < 4.78 is 0. The van der Waals surface area contributed by atoms with E-state index in [4.69, 9.17) is 0 Å². The molecule has 0 atom stereocenters. The van der Waals surface area contributed by atoms with Gasteiger partial charge in [0, 0.05) is 6.07 Å². The van der Waals surface area contributed by atoms with Crippen molar-refractivity contribution in [1.29, 1.82) is 0 Å². The lowest BCUT2D eigenvalue weighted by Gasteiger charge is -2.00. The molecule has 0 fully saturated rings. The smallest absolute Gasteiger partial charge is 0.323 e. The van der Waals surface area contributed by atoms with Gasteiger partial charge in [-0.3, -0.25) is 0 Å². The molecule has 1 aromatic carbocycles. The number of quaternary nitrogens is 1. The molecule has 0 aliphatic rings. The van der Waals surface area contributed by atoms with Gasteiger partial charge in [0.15, 0.2) is 5.69 Å². The highest BCUT2D eigenvalue weighted by Crippen LogP contribution is 2.12. The molecule has 5 nitrogen and oxygen atoms in total. The first-order valence-electron chi connectivity index (χ1n) is 3.47. The summed E-state index contributed by atoms with van der Waals surface area (Å²) in [6, 6.07) is 5.11. The predicted molar refractivity (Wildman–Crippen MR) is 43.9 cm³/mol. The van der Waals surface area contributed by atoms with Gasteiger partial charge in [-0.05, 0) is 6.07 Å². The number of fused-ring (bicyclic) bond motifs is 1. The van der Waals surface area contributed by atoms with E-state index in [1.165, 1.54) is 0 Å². The summed E-state index contributed by atoms with van der Waals surface area (Å²) in [5.74, 6) is 0. The number of hydrogen-bond donors (Lipinski definition) is 3. The highest BCUT2D eigenvalue weighted by molar-refractivity contribution is 5.83. The van der Waals surface area contributed by atoms with Gasteiger partial charge in [-0.25, -0.2) is 4.79 Å². The van der Waals surface area contributed by atoms with Crippen molar-refractivity contribution in [1.82, 2.24) is 9.97 Å². The van der Waals surface area contributed by atoms with Crippen molar-refractivity contribution >= 4 is 16.7 Å². The SMILES string of the molecule is O=c1[nH]c2cccc([NH2+][O-])c2[nH]1. The van der Waals surface area contributed by atoms with E-state index in [9.17, 15) is 10.0 Å². The van der Waals surface area contributed by atoms with Gasteiger partial charge in [0.1, 0.15) is 5.52 Å². The second-order valence-corrected chi connectivity index (χ2v) is 2.47. The van der Waals surface area contributed by atoms with E-state index in [1.807, 2.05) is 0 Å². The van der Waals surface area contributed by atoms with Gasteiger partial charge in [-0.15, -0.1) is 0 Å². The lowest BCUT2D eigenvalue weighted by atomic mass is 10.3. The Balaban J connectivity index is 2.87. The Kier molecular flexibility index (Phi) is 1.46. The summed E-state index contributed by atoms with van der Waals surface area (Å²) in [5, 5.41) is 10.5. The van der Waals surface area contributed by atoms with Crippen molar-refractivity contribution in [3.63, 3.8) is 0 Å². The molecule has 0 aliphatic carbocycles. The third kappa shape index (κ3) is 0.919. The number of H-pyrrole nitrogens is 2. The number of para-hydroxylation sites is 1. The Hall–Kier alpha value is -1.59. The van der Waals surface area contributed by atoms with Gasteiger partial charge in [0.2, 0.25) is 0 Å². The van der Waals surface area contributed by atoms with E-state index in [0.29, 0.717) is 22.2 Å². The number of hydrogen-bond acceptors (Lipinski definition) is 2. The second-order valence-electron chi connectivity index (χ2n) is 2.47. The van der Waals surface area contributed by atoms with E-state index < -0.39 is 0 Å². The van der Waals surface area contributed by atoms with Crippen LogP contribution >= 0.6 is 0 Å². The number of nitrogens with one attached hydrogen (secondary N) is 2. The summed E-state index contributed by atoms with van der Waals surface area (Å²) in [7, 11) is 0. The third-order valence-corrected chi connectivity index (χ3v) is 1.71. The van der Waals surface area contributed by atoms with Crippen LogP contribution in [0.4, 0.5) is 5.69 Å². The molecule has 0 aliphatic heterocycles. The molecule has 0 unspecified atom stereocenters. The van der Waals surface area contributed by atoms with Crippen LogP contribution in [0.15, 0.2) is 23.0 Å². The summed E-state index contributed by atoms with van der Waals surface area (Å²) in [4.78, 5) is 15.9. The summed E-state index contributed by atoms with van der Waals surface area (Å²) in [5.41, 5.74) is 2.14. The van der Waals surface area contributed by atoms with Crippen molar-refractivity contribution in [2.45, 2.75) is 0 Å². The maximum absolute atomic E-state index is 10.8. The van der Waals surface area contributed by atoms with Crippen molar-refractivity contribution in [3.8, 4) is 0 Å². The fourth-order valence-corrected chi connectivity index (χ4v) is 1.18. The molecule has 2 rings (SSSR count). The average molecular weight is 165 g/mol. The second kappa shape index (κ2) is 2.47. The molecule has 0 amide bonds. The zero-order valence-electron chi connectivity index (χ0n) is 6.13. The number of aromatic nitrogens is 2. The summed E-state index contributed by atoms with van der Waals surface area (Å²) >= 11 is 0. The van der Waals surface area contributed by atoms with E-state index in [2.05, 4.69) is 9.97 Å². The lowest BCUT2D eigenvalue weighted by Crippen LogP contribution is -2.70. The van der Waals surface area contributed by atoms with Crippen LogP contribution in [0.3, 0.4) is 0 Å². The van der Waals surface area contributed by atoms with E-state index in [0.717, 1.165) is 0 Å². The van der Waals surface area contributed by atoms with Crippen LogP contribution in [-0.2, 0) is 0 Å². The largest absolute Gasteiger partial charge is 0.630 e. The number of rotatable bonds is 1. The Labute approximate surface area is 67.0 Å². The van der Waals surface area contributed by atoms with Gasteiger partial charge < -0.3 is 20.7 Å². The molecule has 0 saturated carbocycles. The number of aromatic amines is 2. The van der Waals surface area contributed by atoms with Crippen LogP contribution < -0.4 is 11.2 Å². The van der Waals surface area contributed by atoms with Crippen molar-refractivity contribution < 1.29 is 5.48 Å². The molecule has 62 valence electrons. The molecule has 0 spiro atoms. The van der Waals surface area contributed by atoms with Crippen LogP contribution in [0.25, 0.3) is 11.0 Å². The van der Waals surface area contributed by atoms with Crippen molar-refractivity contribution in [3.05, 3.63) is 33.9 Å². The topological polar surface area (TPSA) is 88.3 Å². The van der Waals surface area contributed by atoms with Gasteiger partial charge in [0.25, 0.3) is 0 Å². The van der Waals surface area contributed by atoms with Gasteiger partial charge >= 0.3 is 5.69 Å². The van der Waals surface area contributed by atoms with Crippen LogP contribution in [0.2, 0.25) is 0 Å². The van der Waals surface area contributed by atoms with E-state index >= 15 is 0 Å². The first kappa shape index (κ1) is 7.08. The standard InChI is InChI=1S/C7H7N3O2/c11-7-8-4-2-1-3-5(10-12)6(4)9-7/h1-3H,10H2,(H2,8,9,11). The zero-order valence-corrected chi connectivity index (χ0v) is 6.13. The normalized spacial score (nSPS) is 10.8. The van der Waals surface area contributed by atoms with Gasteiger partial charge in [-0.1, -0.05) is 6.07 Å². The van der Waals surface area contributed by atoms with Crippen LogP contribution in [0, 0.1) is 5.21 Å². The molecule has 4 N–H and O–H groups in total. The van der Waals surface area contributed by atoms with Crippen LogP contribution in [0.5, 0.6) is 0 Å². The Morgan fingerprint density at radius 1 is 1.33 bits per heavy atom. The molecule has 12 heavy (non-hydrogen) atoms. The molecular formula is C7H7N3O2. The minimum absolute atomic E-state index is 0.292. The molecule has 0 saturated heterocycles. The van der Waals surface area contributed by atoms with E-state index in [1.54, 1.807) is 18.2 Å². The Bertz CT molecular complexity index is 457. The highest BCUT2D eigenvalue weighted by Gasteiger charge is 2.03. The minimum Gasteiger partial charge on any atom is -0.630 e. The molecule has 0 radical (unpaired) electrons. The maximum Gasteiger partial charge on any atom is 0.323 e. The number of imidazole rings is 1. The molecular weight excluding hydrogens is 158 g/mol. The average Bonchev–Trinajstić information content (AvgIpc) is 2.44. The van der Waals surface area contributed by atoms with Crippen LogP contribution in [-0.4, -0.2) is 9.97 Å². The van der Waals surface area contributed by atoms with Crippen LogP contribution in [0.1, 0.15) is 0 Å². The fraction of sp³-hybridized carbons (Fsp3) is 0. The van der Waals surface area contributed by atoms with E-state index in [-0.39, 0.29) is 5.69 Å². The number of nitrogens with two attached hydrogens (primary N) is 1. The summed E-state index contributed by atoms with van der Waals surface area (Å²) in [6.07, 6.45) is 0. The predicted octanol–water partition coefficient (Wildman–Crippen LogP) is -0.451. The quantitative estimate of drug-likeness (QED) is 0.394. The molecule has 1 heterocycles. The van der Waals surface area contributed by atoms with Gasteiger partial charge in [0.05, 0.1) is 5.52 Å². The zero-order chi connectivity index (χ0) is 8.55. The Morgan fingerprint density at radius 3 is 2.92 bits per heavy atom. The Morgan fingerprint density at radius 2 is 2.17 bits per heavy atom. The van der Waals surface area contributed by atoms with Crippen molar-refractivity contribution in [2.75, 3.05) is 0 Å². The monoisotopic (exact) mass is 165 g/mol. The molecule has 0 bridgehead atoms. The lowest BCUT2D eigenvalue weighted by molar-refractivity contribution is -0.495. The summed E-state index contributed by atoms with van der Waals surface area (Å²) in [6.45, 7) is 0. The molecule has 1 aromatic heterocycles. The number of benzene rings is 1. The third-order valence-electron chi connectivity index (χ3n) is 1.71. The minimum atomic E-state index is -0.292. The maximum atomic E-state index is 10.8. The highest BCUT2D eigenvalue weighted by atomic mass is 16.5. The molecule has 5 heteroatoms. The van der Waals surface area contributed by atoms with Crippen molar-refractivity contribution in [2.24, 2.45) is 0 Å². The molecule has 2 aromatic rings. The first-order chi connectivity index (χ1) is 5.81. The van der Waals surface area contributed by atoms with Gasteiger partial charge in [-0.2, -0.15) is 0 Å².